The number of methoxy groups -OCH3 is 1. The van der Waals surface area contributed by atoms with Crippen molar-refractivity contribution in [3.8, 4) is 11.5 Å². The van der Waals surface area contributed by atoms with Gasteiger partial charge in [-0.2, -0.15) is 0 Å². The Morgan fingerprint density at radius 1 is 1.38 bits per heavy atom. The van der Waals surface area contributed by atoms with Crippen molar-refractivity contribution >= 4 is 0 Å². The maximum atomic E-state index is 9.60. The molecule has 118 valence electrons. The molecule has 0 amide bonds. The number of ether oxygens (including phenoxy) is 2. The van der Waals surface area contributed by atoms with E-state index in [1.807, 2.05) is 19.1 Å². The SMILES string of the molecule is CCOc1cc(CNC2CCCC2(C)CO)ccc1OC. The first kappa shape index (κ1) is 16.1. The van der Waals surface area contributed by atoms with Crippen molar-refractivity contribution in [2.75, 3.05) is 20.3 Å². The second-order valence-electron chi connectivity index (χ2n) is 6.06. The fourth-order valence-corrected chi connectivity index (χ4v) is 3.11. The molecule has 1 aliphatic carbocycles. The van der Waals surface area contributed by atoms with Crippen LogP contribution in [0.4, 0.5) is 0 Å². The second kappa shape index (κ2) is 7.14. The summed E-state index contributed by atoms with van der Waals surface area (Å²) in [6, 6.07) is 6.40. The van der Waals surface area contributed by atoms with Gasteiger partial charge in [-0.25, -0.2) is 0 Å². The van der Waals surface area contributed by atoms with Gasteiger partial charge in [-0.3, -0.25) is 0 Å². The minimum atomic E-state index is 0.00915. The van der Waals surface area contributed by atoms with Gasteiger partial charge in [0.15, 0.2) is 11.5 Å². The molecular weight excluding hydrogens is 266 g/mol. The summed E-state index contributed by atoms with van der Waals surface area (Å²) < 4.78 is 10.9. The molecule has 1 aromatic carbocycles. The van der Waals surface area contributed by atoms with E-state index in [0.717, 1.165) is 30.9 Å². The summed E-state index contributed by atoms with van der Waals surface area (Å²) in [7, 11) is 1.65. The van der Waals surface area contributed by atoms with Crippen LogP contribution in [0.1, 0.15) is 38.7 Å². The third-order valence-corrected chi connectivity index (χ3v) is 4.52. The average Bonchev–Trinajstić information content (AvgIpc) is 2.87. The molecule has 0 saturated heterocycles. The van der Waals surface area contributed by atoms with Crippen LogP contribution >= 0.6 is 0 Å². The summed E-state index contributed by atoms with van der Waals surface area (Å²) in [5.41, 5.74) is 1.18. The van der Waals surface area contributed by atoms with Gasteiger partial charge in [0.2, 0.25) is 0 Å². The van der Waals surface area contributed by atoms with Gasteiger partial charge < -0.3 is 19.9 Å². The van der Waals surface area contributed by atoms with Gasteiger partial charge in [-0.1, -0.05) is 19.4 Å². The van der Waals surface area contributed by atoms with E-state index < -0.39 is 0 Å². The molecule has 0 aromatic heterocycles. The molecule has 1 aromatic rings. The van der Waals surface area contributed by atoms with Crippen molar-refractivity contribution in [3.05, 3.63) is 23.8 Å². The summed E-state index contributed by atoms with van der Waals surface area (Å²) in [6.07, 6.45) is 3.40. The fourth-order valence-electron chi connectivity index (χ4n) is 3.11. The lowest BCUT2D eigenvalue weighted by molar-refractivity contribution is 0.118. The Morgan fingerprint density at radius 2 is 2.19 bits per heavy atom. The molecule has 1 fully saturated rings. The molecule has 0 spiro atoms. The van der Waals surface area contributed by atoms with E-state index in [0.29, 0.717) is 12.6 Å². The van der Waals surface area contributed by atoms with Gasteiger partial charge in [0.1, 0.15) is 0 Å². The van der Waals surface area contributed by atoms with Crippen molar-refractivity contribution in [2.45, 2.75) is 45.7 Å². The van der Waals surface area contributed by atoms with E-state index in [4.69, 9.17) is 9.47 Å². The van der Waals surface area contributed by atoms with Crippen LogP contribution in [-0.4, -0.2) is 31.5 Å². The number of benzene rings is 1. The summed E-state index contributed by atoms with van der Waals surface area (Å²) in [5.74, 6) is 1.55. The molecule has 4 heteroatoms. The van der Waals surface area contributed by atoms with Crippen LogP contribution in [0, 0.1) is 5.41 Å². The van der Waals surface area contributed by atoms with E-state index in [1.165, 1.54) is 12.0 Å². The molecule has 21 heavy (non-hydrogen) atoms. The van der Waals surface area contributed by atoms with Crippen LogP contribution in [0.3, 0.4) is 0 Å². The summed E-state index contributed by atoms with van der Waals surface area (Å²) in [4.78, 5) is 0. The van der Waals surface area contributed by atoms with Crippen molar-refractivity contribution in [2.24, 2.45) is 5.41 Å². The number of aliphatic hydroxyl groups excluding tert-OH is 1. The zero-order chi connectivity index (χ0) is 15.3. The minimum Gasteiger partial charge on any atom is -0.493 e. The van der Waals surface area contributed by atoms with Crippen LogP contribution in [0.2, 0.25) is 0 Å². The lowest BCUT2D eigenvalue weighted by Gasteiger charge is -2.30. The number of hydrogen-bond donors (Lipinski definition) is 2. The zero-order valence-electron chi connectivity index (χ0n) is 13.3. The Bertz CT molecular complexity index is 463. The smallest absolute Gasteiger partial charge is 0.161 e. The molecule has 2 atom stereocenters. The number of nitrogens with one attached hydrogen (secondary N) is 1. The monoisotopic (exact) mass is 293 g/mol. The Balaban J connectivity index is 2.01. The van der Waals surface area contributed by atoms with Crippen molar-refractivity contribution in [3.63, 3.8) is 0 Å². The van der Waals surface area contributed by atoms with E-state index in [-0.39, 0.29) is 12.0 Å². The van der Waals surface area contributed by atoms with Crippen molar-refractivity contribution in [1.29, 1.82) is 0 Å². The number of aliphatic hydroxyl groups is 1. The Labute approximate surface area is 127 Å². The molecule has 0 aliphatic heterocycles. The molecule has 0 bridgehead atoms. The zero-order valence-corrected chi connectivity index (χ0v) is 13.3. The molecule has 0 heterocycles. The quantitative estimate of drug-likeness (QED) is 0.811. The molecular formula is C17H27NO3. The molecule has 2 N–H and O–H groups in total. The van der Waals surface area contributed by atoms with E-state index in [9.17, 15) is 5.11 Å². The molecule has 1 saturated carbocycles. The molecule has 0 radical (unpaired) electrons. The van der Waals surface area contributed by atoms with Gasteiger partial charge in [0.25, 0.3) is 0 Å². The van der Waals surface area contributed by atoms with Gasteiger partial charge in [-0.15, -0.1) is 0 Å². The van der Waals surface area contributed by atoms with Crippen LogP contribution in [0.25, 0.3) is 0 Å². The van der Waals surface area contributed by atoms with Crippen molar-refractivity contribution < 1.29 is 14.6 Å². The predicted molar refractivity (Wildman–Crippen MR) is 83.8 cm³/mol. The van der Waals surface area contributed by atoms with Gasteiger partial charge >= 0.3 is 0 Å². The molecule has 1 aliphatic rings. The van der Waals surface area contributed by atoms with Crippen LogP contribution in [0.5, 0.6) is 11.5 Å². The second-order valence-corrected chi connectivity index (χ2v) is 6.06. The Hall–Kier alpha value is -1.26. The average molecular weight is 293 g/mol. The molecule has 2 rings (SSSR count). The molecule has 4 nitrogen and oxygen atoms in total. The summed E-state index contributed by atoms with van der Waals surface area (Å²) in [5, 5.41) is 13.2. The largest absolute Gasteiger partial charge is 0.493 e. The minimum absolute atomic E-state index is 0.00915. The lowest BCUT2D eigenvalue weighted by atomic mass is 9.86. The van der Waals surface area contributed by atoms with Crippen LogP contribution < -0.4 is 14.8 Å². The standard InChI is InChI=1S/C17H27NO3/c1-4-21-15-10-13(7-8-14(15)20-3)11-18-16-6-5-9-17(16,2)12-19/h7-8,10,16,18-19H,4-6,9,11-12H2,1-3H3. The van der Waals surface area contributed by atoms with E-state index in [1.54, 1.807) is 7.11 Å². The first-order valence-electron chi connectivity index (χ1n) is 7.77. The first-order valence-corrected chi connectivity index (χ1v) is 7.77. The topological polar surface area (TPSA) is 50.7 Å². The maximum absolute atomic E-state index is 9.60. The summed E-state index contributed by atoms with van der Waals surface area (Å²) >= 11 is 0. The lowest BCUT2D eigenvalue weighted by Crippen LogP contribution is -2.41. The van der Waals surface area contributed by atoms with Gasteiger partial charge in [0.05, 0.1) is 13.7 Å². The summed E-state index contributed by atoms with van der Waals surface area (Å²) in [6.45, 7) is 5.78. The van der Waals surface area contributed by atoms with E-state index >= 15 is 0 Å². The van der Waals surface area contributed by atoms with Gasteiger partial charge in [0, 0.05) is 24.6 Å². The first-order chi connectivity index (χ1) is 10.1. The maximum Gasteiger partial charge on any atom is 0.161 e. The highest BCUT2D eigenvalue weighted by atomic mass is 16.5. The highest BCUT2D eigenvalue weighted by molar-refractivity contribution is 5.42. The highest BCUT2D eigenvalue weighted by Gasteiger charge is 2.37. The fraction of sp³-hybridized carbons (Fsp3) is 0.647. The van der Waals surface area contributed by atoms with Gasteiger partial charge in [-0.05, 0) is 37.5 Å². The highest BCUT2D eigenvalue weighted by Crippen LogP contribution is 2.37. The number of hydrogen-bond acceptors (Lipinski definition) is 4. The number of rotatable bonds is 7. The van der Waals surface area contributed by atoms with E-state index in [2.05, 4.69) is 18.3 Å². The Kier molecular flexibility index (Phi) is 5.48. The third kappa shape index (κ3) is 3.69. The predicted octanol–water partition coefficient (Wildman–Crippen LogP) is 2.73. The van der Waals surface area contributed by atoms with Crippen molar-refractivity contribution in [1.82, 2.24) is 5.32 Å². The molecule has 2 unspecified atom stereocenters. The van der Waals surface area contributed by atoms with Crippen LogP contribution in [-0.2, 0) is 6.54 Å². The third-order valence-electron chi connectivity index (χ3n) is 4.52. The Morgan fingerprint density at radius 3 is 2.86 bits per heavy atom. The normalized spacial score (nSPS) is 25.0. The van der Waals surface area contributed by atoms with Crippen LogP contribution in [0.15, 0.2) is 18.2 Å².